The third-order valence-corrected chi connectivity index (χ3v) is 2.98. The number of carbonyl (C=O) groups excluding carboxylic acids is 1. The van der Waals surface area contributed by atoms with Gasteiger partial charge in [-0.2, -0.15) is 5.26 Å². The molecule has 0 bridgehead atoms. The first-order valence-corrected chi connectivity index (χ1v) is 6.28. The standard InChI is InChI=1S/C16H14N2O3/c1-21-15-8-7-12(9-14(15)19)16(20)18-13(10-17)11-5-3-2-4-6-11/h2-9,13,19H,1H3,(H,18,20). The third-order valence-electron chi connectivity index (χ3n) is 2.98. The highest BCUT2D eigenvalue weighted by atomic mass is 16.5. The number of hydrogen-bond donors (Lipinski definition) is 2. The first kappa shape index (κ1) is 14.4. The highest BCUT2D eigenvalue weighted by Gasteiger charge is 2.16. The molecule has 21 heavy (non-hydrogen) atoms. The van der Waals surface area contributed by atoms with Gasteiger partial charge in [-0.3, -0.25) is 4.79 Å². The van der Waals surface area contributed by atoms with Crippen molar-refractivity contribution in [1.82, 2.24) is 5.32 Å². The van der Waals surface area contributed by atoms with E-state index in [1.54, 1.807) is 24.3 Å². The molecule has 0 aromatic heterocycles. The Kier molecular flexibility index (Phi) is 4.42. The second-order valence-corrected chi connectivity index (χ2v) is 4.33. The molecule has 0 spiro atoms. The summed E-state index contributed by atoms with van der Waals surface area (Å²) >= 11 is 0. The number of phenols is 1. The molecule has 2 aromatic rings. The molecule has 5 heteroatoms. The molecule has 0 saturated carbocycles. The van der Waals surface area contributed by atoms with Gasteiger partial charge in [0.05, 0.1) is 13.2 Å². The van der Waals surface area contributed by atoms with Gasteiger partial charge in [-0.05, 0) is 23.8 Å². The van der Waals surface area contributed by atoms with Gasteiger partial charge in [0, 0.05) is 5.56 Å². The molecular formula is C16H14N2O3. The van der Waals surface area contributed by atoms with E-state index in [0.29, 0.717) is 5.56 Å². The molecule has 0 radical (unpaired) electrons. The summed E-state index contributed by atoms with van der Waals surface area (Å²) in [6.45, 7) is 0. The summed E-state index contributed by atoms with van der Waals surface area (Å²) in [5.74, 6) is -0.284. The highest BCUT2D eigenvalue weighted by Crippen LogP contribution is 2.26. The zero-order chi connectivity index (χ0) is 15.2. The largest absolute Gasteiger partial charge is 0.504 e. The van der Waals surface area contributed by atoms with Crippen LogP contribution in [0.25, 0.3) is 0 Å². The summed E-state index contributed by atoms with van der Waals surface area (Å²) in [6, 6.07) is 14.6. The van der Waals surface area contributed by atoms with Crippen LogP contribution in [0.15, 0.2) is 48.5 Å². The van der Waals surface area contributed by atoms with Crippen molar-refractivity contribution in [2.24, 2.45) is 0 Å². The quantitative estimate of drug-likeness (QED) is 0.902. The van der Waals surface area contributed by atoms with Crippen LogP contribution in [0.5, 0.6) is 11.5 Å². The lowest BCUT2D eigenvalue weighted by Crippen LogP contribution is -2.27. The van der Waals surface area contributed by atoms with Gasteiger partial charge in [0.25, 0.3) is 5.91 Å². The predicted octanol–water partition coefficient (Wildman–Crippen LogP) is 2.40. The average molecular weight is 282 g/mol. The van der Waals surface area contributed by atoms with Crippen molar-refractivity contribution in [3.05, 3.63) is 59.7 Å². The van der Waals surface area contributed by atoms with Crippen LogP contribution in [-0.4, -0.2) is 18.1 Å². The van der Waals surface area contributed by atoms with Crippen molar-refractivity contribution in [2.75, 3.05) is 7.11 Å². The lowest BCUT2D eigenvalue weighted by atomic mass is 10.1. The molecule has 0 heterocycles. The SMILES string of the molecule is COc1ccc(C(=O)NC(C#N)c2ccccc2)cc1O. The van der Waals surface area contributed by atoms with E-state index in [9.17, 15) is 15.2 Å². The van der Waals surface area contributed by atoms with Gasteiger partial charge in [0.15, 0.2) is 11.5 Å². The number of carbonyl (C=O) groups is 1. The van der Waals surface area contributed by atoms with Gasteiger partial charge < -0.3 is 15.2 Å². The first-order chi connectivity index (χ1) is 10.2. The molecule has 1 amide bonds. The number of rotatable bonds is 4. The molecule has 2 N–H and O–H groups in total. The molecule has 1 unspecified atom stereocenters. The van der Waals surface area contributed by atoms with E-state index in [1.165, 1.54) is 25.3 Å². The van der Waals surface area contributed by atoms with Crippen LogP contribution >= 0.6 is 0 Å². The van der Waals surface area contributed by atoms with Crippen molar-refractivity contribution < 1.29 is 14.6 Å². The van der Waals surface area contributed by atoms with E-state index in [-0.39, 0.29) is 17.1 Å². The maximum absolute atomic E-state index is 12.1. The van der Waals surface area contributed by atoms with Crippen molar-refractivity contribution in [1.29, 1.82) is 5.26 Å². The second-order valence-electron chi connectivity index (χ2n) is 4.33. The molecule has 5 nitrogen and oxygen atoms in total. The fourth-order valence-electron chi connectivity index (χ4n) is 1.88. The second kappa shape index (κ2) is 6.44. The molecule has 1 atom stereocenters. The van der Waals surface area contributed by atoms with Crippen molar-refractivity contribution in [2.45, 2.75) is 6.04 Å². The van der Waals surface area contributed by atoms with E-state index < -0.39 is 11.9 Å². The molecule has 0 aliphatic carbocycles. The maximum atomic E-state index is 12.1. The Bertz CT molecular complexity index is 678. The van der Waals surface area contributed by atoms with E-state index in [2.05, 4.69) is 5.32 Å². The Hall–Kier alpha value is -3.00. The lowest BCUT2D eigenvalue weighted by Gasteiger charge is -2.12. The van der Waals surface area contributed by atoms with Crippen LogP contribution in [-0.2, 0) is 0 Å². The molecule has 2 aromatic carbocycles. The maximum Gasteiger partial charge on any atom is 0.252 e. The Morgan fingerprint density at radius 1 is 1.29 bits per heavy atom. The van der Waals surface area contributed by atoms with Crippen LogP contribution in [0.4, 0.5) is 0 Å². The zero-order valence-electron chi connectivity index (χ0n) is 11.4. The number of phenolic OH excluding ortho intramolecular Hbond substituents is 1. The van der Waals surface area contributed by atoms with E-state index >= 15 is 0 Å². The number of benzene rings is 2. The lowest BCUT2D eigenvalue weighted by molar-refractivity contribution is 0.0944. The number of nitrogens with zero attached hydrogens (tertiary/aromatic N) is 1. The monoisotopic (exact) mass is 282 g/mol. The molecule has 0 saturated heterocycles. The number of methoxy groups -OCH3 is 1. The summed E-state index contributed by atoms with van der Waals surface area (Å²) < 4.78 is 4.92. The summed E-state index contributed by atoms with van der Waals surface area (Å²) in [7, 11) is 1.43. The van der Waals surface area contributed by atoms with Crippen molar-refractivity contribution in [3.63, 3.8) is 0 Å². The van der Waals surface area contributed by atoms with Gasteiger partial charge >= 0.3 is 0 Å². The third kappa shape index (κ3) is 3.31. The number of aromatic hydroxyl groups is 1. The molecule has 0 aliphatic heterocycles. The van der Waals surface area contributed by atoms with Crippen LogP contribution in [0.1, 0.15) is 22.0 Å². The molecule has 0 aliphatic rings. The minimum Gasteiger partial charge on any atom is -0.504 e. The van der Waals surface area contributed by atoms with Crippen LogP contribution in [0.3, 0.4) is 0 Å². The molecule has 106 valence electrons. The van der Waals surface area contributed by atoms with Crippen LogP contribution in [0, 0.1) is 11.3 Å². The number of ether oxygens (including phenoxy) is 1. The smallest absolute Gasteiger partial charge is 0.252 e. The normalized spacial score (nSPS) is 11.2. The number of nitrogens with one attached hydrogen (secondary N) is 1. The molecule has 2 rings (SSSR count). The minimum absolute atomic E-state index is 0.127. The summed E-state index contributed by atoms with van der Waals surface area (Å²) in [4.78, 5) is 12.1. The van der Waals surface area contributed by atoms with Crippen molar-refractivity contribution in [3.8, 4) is 17.6 Å². The van der Waals surface area contributed by atoms with Crippen LogP contribution < -0.4 is 10.1 Å². The number of hydrogen-bond acceptors (Lipinski definition) is 4. The van der Waals surface area contributed by atoms with Gasteiger partial charge in [-0.25, -0.2) is 0 Å². The molecule has 0 fully saturated rings. The summed E-state index contributed by atoms with van der Waals surface area (Å²) in [6.07, 6.45) is 0. The molecular weight excluding hydrogens is 268 g/mol. The van der Waals surface area contributed by atoms with E-state index in [1.807, 2.05) is 12.1 Å². The Labute approximate surface area is 122 Å². The minimum atomic E-state index is -0.747. The predicted molar refractivity (Wildman–Crippen MR) is 76.9 cm³/mol. The van der Waals surface area contributed by atoms with Crippen LogP contribution in [0.2, 0.25) is 0 Å². The fourth-order valence-corrected chi connectivity index (χ4v) is 1.88. The Morgan fingerprint density at radius 3 is 2.57 bits per heavy atom. The van der Waals surface area contributed by atoms with Gasteiger partial charge in [0.1, 0.15) is 6.04 Å². The number of nitriles is 1. The first-order valence-electron chi connectivity index (χ1n) is 6.28. The fraction of sp³-hybridized carbons (Fsp3) is 0.125. The zero-order valence-corrected chi connectivity index (χ0v) is 11.4. The van der Waals surface area contributed by atoms with Gasteiger partial charge in [-0.1, -0.05) is 30.3 Å². The van der Waals surface area contributed by atoms with E-state index in [0.717, 1.165) is 0 Å². The van der Waals surface area contributed by atoms with Gasteiger partial charge in [0.2, 0.25) is 0 Å². The summed E-state index contributed by atoms with van der Waals surface area (Å²) in [5, 5.41) is 21.5. The Morgan fingerprint density at radius 2 is 2.00 bits per heavy atom. The number of amides is 1. The van der Waals surface area contributed by atoms with Crippen molar-refractivity contribution >= 4 is 5.91 Å². The Balaban J connectivity index is 2.17. The summed E-state index contributed by atoms with van der Waals surface area (Å²) in [5.41, 5.74) is 0.954. The average Bonchev–Trinajstić information content (AvgIpc) is 2.53. The van der Waals surface area contributed by atoms with E-state index in [4.69, 9.17) is 4.74 Å². The van der Waals surface area contributed by atoms with Gasteiger partial charge in [-0.15, -0.1) is 0 Å². The highest BCUT2D eigenvalue weighted by molar-refractivity contribution is 5.95. The topological polar surface area (TPSA) is 82.3 Å².